The Bertz CT molecular complexity index is 1110. The summed E-state index contributed by atoms with van der Waals surface area (Å²) in [5.74, 6) is 0. The van der Waals surface area contributed by atoms with Crippen LogP contribution in [0.2, 0.25) is 0 Å². The molecule has 16 heteroatoms. The van der Waals surface area contributed by atoms with Crippen LogP contribution in [0, 0.1) is 0 Å². The number of hydrogen-bond acceptors (Lipinski definition) is 10. The molecule has 3 unspecified atom stereocenters. The van der Waals surface area contributed by atoms with Crippen molar-refractivity contribution in [1.29, 1.82) is 0 Å². The summed E-state index contributed by atoms with van der Waals surface area (Å²) in [4.78, 5) is 46.9. The number of pyridine rings is 1. The molecule has 0 spiro atoms. The van der Waals surface area contributed by atoms with Crippen LogP contribution < -0.4 is 11.2 Å². The molecular formula is C15H19N3O11P2. The van der Waals surface area contributed by atoms with Crippen LogP contribution in [0.3, 0.4) is 0 Å². The molecule has 0 bridgehead atoms. The molecular weight excluding hydrogens is 460 g/mol. The fourth-order valence-electron chi connectivity index (χ4n) is 2.91. The largest absolute Gasteiger partial charge is 0.479 e. The smallest absolute Gasteiger partial charge is 0.387 e. The van der Waals surface area contributed by atoms with Gasteiger partial charge < -0.3 is 24.7 Å². The van der Waals surface area contributed by atoms with E-state index >= 15 is 0 Å². The van der Waals surface area contributed by atoms with Crippen LogP contribution in [0.25, 0.3) is 0 Å². The standard InChI is InChI=1S/C15H19N3O11P2/c19-11-4-6-17(15(22)18(11)7-9-3-1-2-5-16-9)14-13(21)12(20)10(28-14)8-27-31(25,26)29-30(23)24/h1-6,10,12-14,20-21,30H,7-8H2,(H,23,24)(H,25,26)/t10-,12?,13+,14-/m1/s1. The average Bonchev–Trinajstić information content (AvgIpc) is 2.98. The number of hydrogen-bond donors (Lipinski definition) is 4. The topological polar surface area (TPSA) is 200 Å². The van der Waals surface area contributed by atoms with Crippen molar-refractivity contribution in [3.05, 3.63) is 63.2 Å². The number of phosphoric acid groups is 1. The fourth-order valence-corrected chi connectivity index (χ4v) is 4.25. The minimum atomic E-state index is -4.91. The Morgan fingerprint density at radius 2 is 1.97 bits per heavy atom. The van der Waals surface area contributed by atoms with E-state index in [4.69, 9.17) is 9.63 Å². The Labute approximate surface area is 174 Å². The molecule has 0 aliphatic carbocycles. The Hall–Kier alpha value is -1.99. The molecule has 0 amide bonds. The van der Waals surface area contributed by atoms with Crippen LogP contribution in [0.15, 0.2) is 46.2 Å². The van der Waals surface area contributed by atoms with Crippen molar-refractivity contribution >= 4 is 16.1 Å². The van der Waals surface area contributed by atoms with Gasteiger partial charge in [0.25, 0.3) is 5.56 Å². The molecule has 31 heavy (non-hydrogen) atoms. The maximum Gasteiger partial charge on any atom is 0.479 e. The van der Waals surface area contributed by atoms with Crippen molar-refractivity contribution < 1.29 is 42.7 Å². The first kappa shape index (κ1) is 23.7. The SMILES string of the molecule is O=c1ccn([C@@H]2O[C@H](COP(=O)(O)O[PH](=O)O)C(O)[C@@H]2O)c(=O)n1Cc1ccccn1. The van der Waals surface area contributed by atoms with Gasteiger partial charge in [-0.1, -0.05) is 6.07 Å². The first-order chi connectivity index (χ1) is 14.6. The van der Waals surface area contributed by atoms with Crippen molar-refractivity contribution in [1.82, 2.24) is 14.1 Å². The van der Waals surface area contributed by atoms with Gasteiger partial charge in [-0.15, -0.1) is 0 Å². The molecule has 0 saturated carbocycles. The summed E-state index contributed by atoms with van der Waals surface area (Å²) in [7, 11) is -8.69. The molecule has 14 nitrogen and oxygen atoms in total. The number of aliphatic hydroxyl groups excluding tert-OH is 2. The minimum Gasteiger partial charge on any atom is -0.387 e. The average molecular weight is 479 g/mol. The predicted molar refractivity (Wildman–Crippen MR) is 102 cm³/mol. The van der Waals surface area contributed by atoms with Gasteiger partial charge in [0, 0.05) is 18.5 Å². The molecule has 1 saturated heterocycles. The number of nitrogens with zero attached hydrogens (tertiary/aromatic N) is 3. The van der Waals surface area contributed by atoms with Gasteiger partial charge in [0.2, 0.25) is 0 Å². The van der Waals surface area contributed by atoms with Gasteiger partial charge in [-0.25, -0.2) is 13.7 Å². The van der Waals surface area contributed by atoms with E-state index in [0.29, 0.717) is 5.69 Å². The molecule has 1 aliphatic rings. The van der Waals surface area contributed by atoms with E-state index in [1.807, 2.05) is 0 Å². The van der Waals surface area contributed by atoms with Crippen LogP contribution in [0.5, 0.6) is 0 Å². The van der Waals surface area contributed by atoms with Crippen molar-refractivity contribution in [3.8, 4) is 0 Å². The summed E-state index contributed by atoms with van der Waals surface area (Å²) in [6, 6.07) is 6.01. The normalized spacial score (nSPS) is 26.5. The highest BCUT2D eigenvalue weighted by molar-refractivity contribution is 7.55. The quantitative estimate of drug-likeness (QED) is 0.323. The fraction of sp³-hybridized carbons (Fsp3) is 0.400. The molecule has 3 heterocycles. The molecule has 6 atom stereocenters. The second-order valence-corrected chi connectivity index (χ2v) is 8.88. The maximum atomic E-state index is 12.8. The summed E-state index contributed by atoms with van der Waals surface area (Å²) in [5.41, 5.74) is -1.05. The van der Waals surface area contributed by atoms with Crippen LogP contribution in [0.4, 0.5) is 0 Å². The zero-order valence-corrected chi connectivity index (χ0v) is 17.5. The van der Waals surface area contributed by atoms with Gasteiger partial charge in [-0.05, 0) is 12.1 Å². The minimum absolute atomic E-state index is 0.150. The molecule has 1 fully saturated rings. The summed E-state index contributed by atoms with van der Waals surface area (Å²) < 4.78 is 37.5. The van der Waals surface area contributed by atoms with Crippen LogP contribution >= 0.6 is 16.1 Å². The molecule has 2 aromatic heterocycles. The first-order valence-electron chi connectivity index (χ1n) is 8.72. The van der Waals surface area contributed by atoms with E-state index in [1.54, 1.807) is 18.2 Å². The number of ether oxygens (including phenoxy) is 1. The lowest BCUT2D eigenvalue weighted by atomic mass is 10.1. The molecule has 0 radical (unpaired) electrons. The lowest BCUT2D eigenvalue weighted by Crippen LogP contribution is -2.43. The Kier molecular flexibility index (Phi) is 7.37. The van der Waals surface area contributed by atoms with Crippen LogP contribution in [0.1, 0.15) is 11.9 Å². The van der Waals surface area contributed by atoms with Crippen molar-refractivity contribution in [2.45, 2.75) is 31.1 Å². The summed E-state index contributed by atoms with van der Waals surface area (Å²) in [5, 5.41) is 20.4. The highest BCUT2D eigenvalue weighted by atomic mass is 31.2. The van der Waals surface area contributed by atoms with E-state index in [1.165, 1.54) is 6.20 Å². The van der Waals surface area contributed by atoms with Crippen molar-refractivity contribution in [2.75, 3.05) is 6.61 Å². The van der Waals surface area contributed by atoms with Gasteiger partial charge in [-0.3, -0.25) is 28.0 Å². The Morgan fingerprint density at radius 1 is 1.23 bits per heavy atom. The first-order valence-corrected chi connectivity index (χ1v) is 11.5. The molecule has 0 aromatic carbocycles. The molecule has 4 N–H and O–H groups in total. The van der Waals surface area contributed by atoms with Crippen molar-refractivity contribution in [3.63, 3.8) is 0 Å². The third-order valence-corrected chi connectivity index (χ3v) is 6.37. The third kappa shape index (κ3) is 5.63. The lowest BCUT2D eigenvalue weighted by molar-refractivity contribution is -0.0545. The summed E-state index contributed by atoms with van der Waals surface area (Å²) in [6.07, 6.45) is -3.61. The van der Waals surface area contributed by atoms with Gasteiger partial charge in [0.15, 0.2) is 6.23 Å². The van der Waals surface area contributed by atoms with Gasteiger partial charge >= 0.3 is 21.8 Å². The lowest BCUT2D eigenvalue weighted by Gasteiger charge is -2.18. The number of aromatic nitrogens is 3. The molecule has 1 aliphatic heterocycles. The van der Waals surface area contributed by atoms with E-state index < -0.39 is 58.5 Å². The van der Waals surface area contributed by atoms with Crippen LogP contribution in [-0.2, 0) is 29.2 Å². The predicted octanol–water partition coefficient (Wildman–Crippen LogP) is -1.41. The highest BCUT2D eigenvalue weighted by Crippen LogP contribution is 2.51. The van der Waals surface area contributed by atoms with Gasteiger partial charge in [-0.2, -0.15) is 0 Å². The maximum absolute atomic E-state index is 12.8. The van der Waals surface area contributed by atoms with Gasteiger partial charge in [0.1, 0.15) is 18.3 Å². The summed E-state index contributed by atoms with van der Waals surface area (Å²) >= 11 is 0. The van der Waals surface area contributed by atoms with Crippen LogP contribution in [-0.4, -0.2) is 59.0 Å². The van der Waals surface area contributed by atoms with Gasteiger partial charge in [0.05, 0.1) is 18.8 Å². The van der Waals surface area contributed by atoms with E-state index in [0.717, 1.165) is 21.4 Å². The second kappa shape index (κ2) is 9.65. The van der Waals surface area contributed by atoms with E-state index in [-0.39, 0.29) is 6.54 Å². The van der Waals surface area contributed by atoms with E-state index in [2.05, 4.69) is 13.8 Å². The highest BCUT2D eigenvalue weighted by Gasteiger charge is 2.45. The van der Waals surface area contributed by atoms with Crippen molar-refractivity contribution in [2.24, 2.45) is 0 Å². The monoisotopic (exact) mass is 479 g/mol. The number of aliphatic hydroxyl groups is 2. The summed E-state index contributed by atoms with van der Waals surface area (Å²) in [6.45, 7) is -0.956. The third-order valence-electron chi connectivity index (χ3n) is 4.35. The second-order valence-electron chi connectivity index (χ2n) is 6.42. The molecule has 2 aromatic rings. The molecule has 3 rings (SSSR count). The van der Waals surface area contributed by atoms with E-state index in [9.17, 15) is 33.8 Å². The Morgan fingerprint density at radius 3 is 2.61 bits per heavy atom. The Balaban J connectivity index is 1.80. The number of phosphoric ester groups is 1. The molecule has 170 valence electrons. The zero-order chi connectivity index (χ0) is 22.8. The number of rotatable bonds is 8. The zero-order valence-electron chi connectivity index (χ0n) is 15.6.